The van der Waals surface area contributed by atoms with Gasteiger partial charge in [0.05, 0.1) is 12.2 Å². The van der Waals surface area contributed by atoms with Crippen LogP contribution in [0.3, 0.4) is 0 Å². The van der Waals surface area contributed by atoms with E-state index in [2.05, 4.69) is 35.3 Å². The Labute approximate surface area is 117 Å². The molecule has 0 aliphatic heterocycles. The Morgan fingerprint density at radius 2 is 2.10 bits per heavy atom. The summed E-state index contributed by atoms with van der Waals surface area (Å²) in [4.78, 5) is 4.41. The minimum Gasteiger partial charge on any atom is -0.424 e. The monoisotopic (exact) mass is 270 g/mol. The average Bonchev–Trinajstić information content (AvgIpc) is 2.92. The molecule has 2 aromatic heterocycles. The summed E-state index contributed by atoms with van der Waals surface area (Å²) in [5, 5.41) is 7.74. The van der Waals surface area contributed by atoms with Gasteiger partial charge >= 0.3 is 0 Å². The molecule has 0 radical (unpaired) electrons. The maximum Gasteiger partial charge on any atom is 0.295 e. The quantitative estimate of drug-likeness (QED) is 0.791. The minimum absolute atomic E-state index is 0.182. The van der Waals surface area contributed by atoms with Gasteiger partial charge < -0.3 is 9.73 Å². The first-order valence-electron chi connectivity index (χ1n) is 6.75. The van der Waals surface area contributed by atoms with Crippen molar-refractivity contribution in [3.63, 3.8) is 0 Å². The van der Waals surface area contributed by atoms with Crippen LogP contribution in [0.5, 0.6) is 0 Å². The van der Waals surface area contributed by atoms with Crippen molar-refractivity contribution in [3.05, 3.63) is 41.7 Å². The van der Waals surface area contributed by atoms with E-state index >= 15 is 0 Å². The highest BCUT2D eigenvalue weighted by Gasteiger charge is 2.10. The van der Waals surface area contributed by atoms with Gasteiger partial charge in [0.2, 0.25) is 0 Å². The number of nitrogens with one attached hydrogen (secondary N) is 1. The highest BCUT2D eigenvalue weighted by Crippen LogP contribution is 2.18. The molecule has 0 spiro atoms. The van der Waals surface area contributed by atoms with Crippen LogP contribution in [0.4, 0.5) is 6.01 Å². The first kappa shape index (κ1) is 12.7. The van der Waals surface area contributed by atoms with Gasteiger partial charge in [0, 0.05) is 11.7 Å². The number of nitrogens with zero attached hydrogens (tertiary/aromatic N) is 3. The van der Waals surface area contributed by atoms with Crippen LogP contribution in [-0.2, 0) is 6.54 Å². The summed E-state index contributed by atoms with van der Waals surface area (Å²) < 4.78 is 7.66. The van der Waals surface area contributed by atoms with Gasteiger partial charge in [0.25, 0.3) is 6.01 Å². The van der Waals surface area contributed by atoms with Crippen molar-refractivity contribution < 1.29 is 4.42 Å². The topological polar surface area (TPSA) is 55.9 Å². The molecule has 3 aromatic rings. The van der Waals surface area contributed by atoms with Crippen LogP contribution in [0.1, 0.15) is 18.3 Å². The van der Waals surface area contributed by atoms with Crippen molar-refractivity contribution in [3.8, 4) is 0 Å². The van der Waals surface area contributed by atoms with Gasteiger partial charge in [0.1, 0.15) is 5.52 Å². The van der Waals surface area contributed by atoms with E-state index in [1.807, 2.05) is 35.9 Å². The summed E-state index contributed by atoms with van der Waals surface area (Å²) in [6.07, 6.45) is 0. The van der Waals surface area contributed by atoms with Gasteiger partial charge in [-0.05, 0) is 39.0 Å². The van der Waals surface area contributed by atoms with Gasteiger partial charge in [-0.1, -0.05) is 12.1 Å². The van der Waals surface area contributed by atoms with Crippen LogP contribution in [-0.4, -0.2) is 20.8 Å². The highest BCUT2D eigenvalue weighted by atomic mass is 16.4. The van der Waals surface area contributed by atoms with Gasteiger partial charge in [0.15, 0.2) is 5.58 Å². The molecule has 1 atom stereocenters. The summed E-state index contributed by atoms with van der Waals surface area (Å²) in [6, 6.07) is 10.6. The van der Waals surface area contributed by atoms with Gasteiger partial charge in [-0.2, -0.15) is 10.1 Å². The maximum atomic E-state index is 5.66. The Kier molecular flexibility index (Phi) is 3.18. The molecule has 0 bridgehead atoms. The van der Waals surface area contributed by atoms with E-state index < -0.39 is 0 Å². The van der Waals surface area contributed by atoms with Crippen molar-refractivity contribution in [1.29, 1.82) is 0 Å². The zero-order valence-corrected chi connectivity index (χ0v) is 11.9. The number of hydrogen-bond acceptors (Lipinski definition) is 4. The summed E-state index contributed by atoms with van der Waals surface area (Å²) in [7, 11) is 0. The number of fused-ring (bicyclic) bond motifs is 1. The van der Waals surface area contributed by atoms with E-state index in [4.69, 9.17) is 4.42 Å². The third-order valence-electron chi connectivity index (χ3n) is 3.21. The van der Waals surface area contributed by atoms with E-state index in [1.54, 1.807) is 0 Å². The number of anilines is 1. The molecule has 0 aliphatic rings. The SMILES string of the molecule is Cc1cc(C)n(CC(C)Nc2nc3ccccc3o2)n1. The van der Waals surface area contributed by atoms with E-state index in [1.165, 1.54) is 0 Å². The Balaban J connectivity index is 1.72. The summed E-state index contributed by atoms with van der Waals surface area (Å²) in [5.74, 6) is 0. The van der Waals surface area contributed by atoms with Crippen molar-refractivity contribution in [2.24, 2.45) is 0 Å². The zero-order valence-electron chi connectivity index (χ0n) is 11.9. The summed E-state index contributed by atoms with van der Waals surface area (Å²) in [6.45, 7) is 6.93. The number of aromatic nitrogens is 3. The molecule has 0 fully saturated rings. The molecule has 2 heterocycles. The van der Waals surface area contributed by atoms with Crippen LogP contribution in [0.15, 0.2) is 34.7 Å². The summed E-state index contributed by atoms with van der Waals surface area (Å²) in [5.41, 5.74) is 3.87. The van der Waals surface area contributed by atoms with Crippen LogP contribution in [0.2, 0.25) is 0 Å². The smallest absolute Gasteiger partial charge is 0.295 e. The molecule has 0 saturated heterocycles. The molecule has 5 nitrogen and oxygen atoms in total. The molecule has 0 saturated carbocycles. The molecule has 1 aromatic carbocycles. The molecule has 0 amide bonds. The lowest BCUT2D eigenvalue weighted by Crippen LogP contribution is -2.23. The lowest BCUT2D eigenvalue weighted by molar-refractivity contribution is 0.525. The fourth-order valence-electron chi connectivity index (χ4n) is 2.31. The number of oxazole rings is 1. The zero-order chi connectivity index (χ0) is 14.1. The Hall–Kier alpha value is -2.30. The van der Waals surface area contributed by atoms with E-state index in [0.717, 1.165) is 29.0 Å². The first-order chi connectivity index (χ1) is 9.61. The third-order valence-corrected chi connectivity index (χ3v) is 3.21. The highest BCUT2D eigenvalue weighted by molar-refractivity contribution is 5.74. The Bertz CT molecular complexity index is 695. The van der Waals surface area contributed by atoms with Gasteiger partial charge in [-0.15, -0.1) is 0 Å². The molecule has 1 N–H and O–H groups in total. The molecular weight excluding hydrogens is 252 g/mol. The predicted molar refractivity (Wildman–Crippen MR) is 78.8 cm³/mol. The maximum absolute atomic E-state index is 5.66. The largest absolute Gasteiger partial charge is 0.424 e. The van der Waals surface area contributed by atoms with E-state index in [9.17, 15) is 0 Å². The Morgan fingerprint density at radius 3 is 2.80 bits per heavy atom. The normalized spacial score (nSPS) is 12.8. The lowest BCUT2D eigenvalue weighted by atomic mass is 10.3. The molecular formula is C15H18N4O. The third kappa shape index (κ3) is 2.52. The average molecular weight is 270 g/mol. The van der Waals surface area contributed by atoms with Gasteiger partial charge in [-0.25, -0.2) is 0 Å². The molecule has 20 heavy (non-hydrogen) atoms. The van der Waals surface area contributed by atoms with Crippen LogP contribution < -0.4 is 5.32 Å². The molecule has 3 rings (SSSR count). The van der Waals surface area contributed by atoms with Crippen molar-refractivity contribution in [2.75, 3.05) is 5.32 Å². The molecule has 5 heteroatoms. The number of benzene rings is 1. The predicted octanol–water partition coefficient (Wildman–Crippen LogP) is 3.14. The van der Waals surface area contributed by atoms with E-state index in [-0.39, 0.29) is 6.04 Å². The number of aryl methyl sites for hydroxylation is 2. The van der Waals surface area contributed by atoms with Crippen molar-refractivity contribution >= 4 is 17.1 Å². The molecule has 1 unspecified atom stereocenters. The second-order valence-corrected chi connectivity index (χ2v) is 5.14. The summed E-state index contributed by atoms with van der Waals surface area (Å²) >= 11 is 0. The van der Waals surface area contributed by atoms with Crippen LogP contribution in [0, 0.1) is 13.8 Å². The fraction of sp³-hybridized carbons (Fsp3) is 0.333. The van der Waals surface area contributed by atoms with Crippen LogP contribution >= 0.6 is 0 Å². The number of rotatable bonds is 4. The lowest BCUT2D eigenvalue weighted by Gasteiger charge is -2.13. The number of para-hydroxylation sites is 2. The van der Waals surface area contributed by atoms with Crippen molar-refractivity contribution in [1.82, 2.24) is 14.8 Å². The second-order valence-electron chi connectivity index (χ2n) is 5.14. The number of hydrogen-bond donors (Lipinski definition) is 1. The molecule has 104 valence electrons. The van der Waals surface area contributed by atoms with E-state index in [0.29, 0.717) is 6.01 Å². The first-order valence-corrected chi connectivity index (χ1v) is 6.75. The Morgan fingerprint density at radius 1 is 1.30 bits per heavy atom. The standard InChI is InChI=1S/C15H18N4O/c1-10-8-12(3)19(18-10)9-11(2)16-15-17-13-6-4-5-7-14(13)20-15/h4-8,11H,9H2,1-3H3,(H,16,17). The van der Waals surface area contributed by atoms with Crippen LogP contribution in [0.25, 0.3) is 11.1 Å². The second kappa shape index (κ2) is 5.00. The minimum atomic E-state index is 0.182. The molecule has 0 aliphatic carbocycles. The van der Waals surface area contributed by atoms with Gasteiger partial charge in [-0.3, -0.25) is 4.68 Å². The van der Waals surface area contributed by atoms with Crippen molar-refractivity contribution in [2.45, 2.75) is 33.4 Å². The fourth-order valence-corrected chi connectivity index (χ4v) is 2.31.